The molecular formula is C36H35F2N3O5. The summed E-state index contributed by atoms with van der Waals surface area (Å²) >= 11 is 0. The highest BCUT2D eigenvalue weighted by Gasteiger charge is 2.24. The summed E-state index contributed by atoms with van der Waals surface area (Å²) in [5.41, 5.74) is 8.01. The number of para-hydroxylation sites is 1. The number of carboxylic acid groups (broad SMARTS) is 1. The molecule has 1 atom stereocenters. The molecule has 4 aromatic carbocycles. The van der Waals surface area contributed by atoms with E-state index in [4.69, 9.17) is 20.3 Å². The standard InChI is InChI=1S/C29H29F2N2O2.C7H7NO3/c1-3-19-35-28(26-7-5-6-8-27(26)34-4-2)20-32-17-18-33(21-32)29(22-9-13-24(30)14-10-22)23-11-15-25(31)16-12-23;8-4-1-2-5(7(10)11)6(9)3-4/h3,5-18,21,28-29H,1,4,19-20H2,2H3;1-3,9H,8H2,(H,10,11)/q+1;/p-1. The van der Waals surface area contributed by atoms with Gasteiger partial charge in [0.1, 0.15) is 42.4 Å². The number of aromatic nitrogens is 2. The highest BCUT2D eigenvalue weighted by molar-refractivity contribution is 5.91. The van der Waals surface area contributed by atoms with Crippen molar-refractivity contribution in [2.24, 2.45) is 0 Å². The molecule has 0 aliphatic rings. The highest BCUT2D eigenvalue weighted by atomic mass is 19.1. The lowest BCUT2D eigenvalue weighted by Crippen LogP contribution is -2.36. The maximum atomic E-state index is 13.6. The summed E-state index contributed by atoms with van der Waals surface area (Å²) in [6.45, 7) is 7.24. The van der Waals surface area contributed by atoms with Crippen LogP contribution in [0.3, 0.4) is 0 Å². The summed E-state index contributed by atoms with van der Waals surface area (Å²) in [6.07, 6.45) is 7.37. The summed E-state index contributed by atoms with van der Waals surface area (Å²) < 4.78 is 43.2. The van der Waals surface area contributed by atoms with Crippen LogP contribution < -0.4 is 20.1 Å². The first kappa shape index (κ1) is 33.4. The average Bonchev–Trinajstić information content (AvgIpc) is 3.49. The molecule has 0 bridgehead atoms. The third kappa shape index (κ3) is 8.80. The Morgan fingerprint density at radius 2 is 1.65 bits per heavy atom. The van der Waals surface area contributed by atoms with Crippen LogP contribution >= 0.6 is 0 Å². The number of hydrogen-bond donors (Lipinski definition) is 2. The molecule has 0 fully saturated rings. The van der Waals surface area contributed by atoms with E-state index in [1.165, 1.54) is 36.4 Å². The fourth-order valence-corrected chi connectivity index (χ4v) is 4.86. The van der Waals surface area contributed by atoms with Crippen LogP contribution in [0.2, 0.25) is 0 Å². The molecule has 0 aliphatic heterocycles. The maximum Gasteiger partial charge on any atom is 0.335 e. The predicted octanol–water partition coefficient (Wildman–Crippen LogP) is 6.07. The van der Waals surface area contributed by atoms with Gasteiger partial charge in [-0.1, -0.05) is 54.3 Å². The molecule has 0 amide bonds. The second kappa shape index (κ2) is 16.0. The zero-order chi connectivity index (χ0) is 33.1. The van der Waals surface area contributed by atoms with Gasteiger partial charge in [0, 0.05) is 22.4 Å². The fourth-order valence-electron chi connectivity index (χ4n) is 4.86. The summed E-state index contributed by atoms with van der Waals surface area (Å²) in [7, 11) is 0. The number of benzene rings is 4. The molecule has 1 unspecified atom stereocenters. The van der Waals surface area contributed by atoms with Gasteiger partial charge in [-0.2, -0.15) is 0 Å². The van der Waals surface area contributed by atoms with E-state index in [1.54, 1.807) is 30.3 Å². The molecule has 0 radical (unpaired) electrons. The Morgan fingerprint density at radius 3 is 2.22 bits per heavy atom. The summed E-state index contributed by atoms with van der Waals surface area (Å²) in [6, 6.07) is 24.0. The zero-order valence-corrected chi connectivity index (χ0v) is 25.3. The van der Waals surface area contributed by atoms with Crippen molar-refractivity contribution in [3.8, 4) is 11.5 Å². The normalized spacial score (nSPS) is 11.4. The summed E-state index contributed by atoms with van der Waals surface area (Å²) in [4.78, 5) is 10.3. The van der Waals surface area contributed by atoms with Crippen molar-refractivity contribution in [3.63, 3.8) is 0 Å². The molecule has 8 nitrogen and oxygen atoms in total. The van der Waals surface area contributed by atoms with Gasteiger partial charge in [0.15, 0.2) is 6.04 Å². The Kier molecular flexibility index (Phi) is 11.6. The predicted molar refractivity (Wildman–Crippen MR) is 168 cm³/mol. The quantitative estimate of drug-likeness (QED) is 0.0986. The lowest BCUT2D eigenvalue weighted by molar-refractivity contribution is -0.704. The number of imidazole rings is 1. The number of aromatic carboxylic acids is 1. The van der Waals surface area contributed by atoms with Crippen molar-refractivity contribution in [2.45, 2.75) is 25.6 Å². The van der Waals surface area contributed by atoms with Crippen LogP contribution in [0.5, 0.6) is 11.5 Å². The Bertz CT molecular complexity index is 1690. The van der Waals surface area contributed by atoms with E-state index < -0.39 is 11.7 Å². The van der Waals surface area contributed by atoms with Gasteiger partial charge in [-0.05, 0) is 55.5 Å². The number of nitrogens with two attached hydrogens (primary N) is 1. The molecule has 1 heterocycles. The largest absolute Gasteiger partial charge is 0.872 e. The number of anilines is 1. The number of rotatable bonds is 12. The number of nitrogens with zero attached hydrogens (tertiary/aromatic N) is 2. The third-order valence-corrected chi connectivity index (χ3v) is 6.98. The number of halogens is 2. The number of nitrogen functional groups attached to an aromatic ring is 1. The Balaban J connectivity index is 0.000000369. The van der Waals surface area contributed by atoms with E-state index in [0.29, 0.717) is 19.8 Å². The van der Waals surface area contributed by atoms with E-state index in [9.17, 15) is 18.7 Å². The van der Waals surface area contributed by atoms with E-state index in [1.807, 2.05) is 59.0 Å². The highest BCUT2D eigenvalue weighted by Crippen LogP contribution is 2.29. The minimum atomic E-state index is -1.23. The number of hydrogen-bond acceptors (Lipinski definition) is 5. The molecule has 0 saturated carbocycles. The lowest BCUT2D eigenvalue weighted by atomic mass is 9.98. The Labute approximate surface area is 266 Å². The molecular weight excluding hydrogens is 592 g/mol. The molecule has 1 aromatic heterocycles. The molecule has 5 aromatic rings. The topological polar surface area (TPSA) is 114 Å². The molecule has 46 heavy (non-hydrogen) atoms. The van der Waals surface area contributed by atoms with Crippen molar-refractivity contribution in [1.82, 2.24) is 4.57 Å². The molecule has 0 saturated heterocycles. The number of ether oxygens (including phenoxy) is 2. The van der Waals surface area contributed by atoms with Crippen LogP contribution in [0.4, 0.5) is 14.5 Å². The smallest absolute Gasteiger partial charge is 0.335 e. The minimum Gasteiger partial charge on any atom is -0.872 e. The monoisotopic (exact) mass is 627 g/mol. The second-order valence-corrected chi connectivity index (χ2v) is 10.2. The van der Waals surface area contributed by atoms with Crippen molar-refractivity contribution >= 4 is 11.7 Å². The van der Waals surface area contributed by atoms with Gasteiger partial charge in [0.2, 0.25) is 6.33 Å². The SMILES string of the molecule is C=CCOC(C[n+]1ccn(C(c2ccc(F)cc2)c2ccc(F)cc2)c1)c1ccccc1OCC.Nc1ccc(C(=O)O)c([O-])c1. The first-order chi connectivity index (χ1) is 22.2. The van der Waals surface area contributed by atoms with Gasteiger partial charge in [0.25, 0.3) is 0 Å². The van der Waals surface area contributed by atoms with Gasteiger partial charge in [0.05, 0.1) is 18.8 Å². The van der Waals surface area contributed by atoms with Crippen molar-refractivity contribution < 1.29 is 37.8 Å². The van der Waals surface area contributed by atoms with E-state index >= 15 is 0 Å². The second-order valence-electron chi connectivity index (χ2n) is 10.2. The van der Waals surface area contributed by atoms with Gasteiger partial charge >= 0.3 is 5.97 Å². The molecule has 0 spiro atoms. The summed E-state index contributed by atoms with van der Waals surface area (Å²) in [5.74, 6) is -1.60. The first-order valence-electron chi connectivity index (χ1n) is 14.5. The Hall–Kier alpha value is -5.48. The van der Waals surface area contributed by atoms with Crippen molar-refractivity contribution in [2.75, 3.05) is 18.9 Å². The van der Waals surface area contributed by atoms with Gasteiger partial charge in [-0.15, -0.1) is 6.58 Å². The van der Waals surface area contributed by atoms with Gasteiger partial charge in [-0.25, -0.2) is 22.7 Å². The van der Waals surface area contributed by atoms with Gasteiger partial charge < -0.3 is 25.4 Å². The van der Waals surface area contributed by atoms with Crippen molar-refractivity contribution in [3.05, 3.63) is 156 Å². The minimum absolute atomic E-state index is 0.249. The van der Waals surface area contributed by atoms with Crippen LogP contribution in [0.1, 0.15) is 46.1 Å². The van der Waals surface area contributed by atoms with Crippen LogP contribution in [0.15, 0.2) is 122 Å². The van der Waals surface area contributed by atoms with Crippen molar-refractivity contribution in [1.29, 1.82) is 0 Å². The molecule has 3 N–H and O–H groups in total. The molecule has 238 valence electrons. The van der Waals surface area contributed by atoms with E-state index in [0.717, 1.165) is 28.5 Å². The lowest BCUT2D eigenvalue weighted by Gasteiger charge is -2.19. The first-order valence-corrected chi connectivity index (χ1v) is 14.5. The number of carboxylic acids is 1. The summed E-state index contributed by atoms with van der Waals surface area (Å²) in [5, 5.41) is 19.2. The fraction of sp³-hybridized carbons (Fsp3) is 0.167. The molecule has 0 aliphatic carbocycles. The molecule has 10 heteroatoms. The van der Waals surface area contributed by atoms with E-state index in [-0.39, 0.29) is 35.0 Å². The van der Waals surface area contributed by atoms with Crippen LogP contribution in [0, 0.1) is 11.6 Å². The Morgan fingerprint density at radius 1 is 1.02 bits per heavy atom. The maximum absolute atomic E-state index is 13.6. The third-order valence-electron chi connectivity index (χ3n) is 6.98. The van der Waals surface area contributed by atoms with Crippen LogP contribution in [-0.2, 0) is 11.3 Å². The number of carbonyl (C=O) groups is 1. The van der Waals surface area contributed by atoms with Crippen LogP contribution in [0.25, 0.3) is 0 Å². The molecule has 5 rings (SSSR count). The van der Waals surface area contributed by atoms with Crippen LogP contribution in [-0.4, -0.2) is 28.9 Å². The van der Waals surface area contributed by atoms with Gasteiger partial charge in [-0.3, -0.25) is 0 Å². The van der Waals surface area contributed by atoms with E-state index in [2.05, 4.69) is 6.58 Å². The average molecular weight is 628 g/mol. The zero-order valence-electron chi connectivity index (χ0n) is 25.3.